The third-order valence-corrected chi connectivity index (χ3v) is 8.06. The van der Waals surface area contributed by atoms with E-state index in [2.05, 4.69) is 11.4 Å². The fourth-order valence-corrected chi connectivity index (χ4v) is 6.01. The first-order chi connectivity index (χ1) is 11.3. The van der Waals surface area contributed by atoms with Gasteiger partial charge in [0.25, 0.3) is 0 Å². The minimum atomic E-state index is -4.01. The van der Waals surface area contributed by atoms with Crippen LogP contribution in [0.2, 0.25) is 10.0 Å². The quantitative estimate of drug-likeness (QED) is 0.859. The lowest BCUT2D eigenvalue weighted by Gasteiger charge is -2.29. The molecule has 1 N–H and O–H groups in total. The predicted octanol–water partition coefficient (Wildman–Crippen LogP) is 3.25. The summed E-state index contributed by atoms with van der Waals surface area (Å²) in [5.74, 6) is -0.593. The number of carbonyl (C=O) groups excluding carboxylic acids is 1. The summed E-state index contributed by atoms with van der Waals surface area (Å²) in [6.45, 7) is 0. The third kappa shape index (κ3) is 2.69. The van der Waals surface area contributed by atoms with E-state index in [4.69, 9.17) is 23.2 Å². The summed E-state index contributed by atoms with van der Waals surface area (Å²) in [5.41, 5.74) is -0.911. The first-order valence-electron chi connectivity index (χ1n) is 7.70. The van der Waals surface area contributed by atoms with Crippen molar-refractivity contribution >= 4 is 38.9 Å². The summed E-state index contributed by atoms with van der Waals surface area (Å²) in [6, 6.07) is 6.20. The standard InChI is InChI=1S/C16H16Cl2N2O3S/c17-11-3-4-13(12(18)9-11)24(22,23)16(5-1-2-6-16)14(21)20-15(10-19)7-8-15/h3-4,9H,1-2,5-8H2,(H,20,21). The molecule has 2 aliphatic carbocycles. The third-order valence-electron chi connectivity index (χ3n) is 4.84. The van der Waals surface area contributed by atoms with Crippen molar-refractivity contribution in [3.63, 3.8) is 0 Å². The number of nitrogens with zero attached hydrogens (tertiary/aromatic N) is 1. The molecule has 2 aliphatic rings. The monoisotopic (exact) mass is 386 g/mol. The van der Waals surface area contributed by atoms with Crippen molar-refractivity contribution in [2.45, 2.75) is 53.7 Å². The van der Waals surface area contributed by atoms with E-state index in [1.165, 1.54) is 18.2 Å². The molecule has 0 aliphatic heterocycles. The first-order valence-corrected chi connectivity index (χ1v) is 9.94. The molecule has 5 nitrogen and oxygen atoms in total. The van der Waals surface area contributed by atoms with E-state index in [0.29, 0.717) is 30.7 Å². The molecule has 0 saturated heterocycles. The molecule has 0 heterocycles. The second-order valence-corrected chi connectivity index (χ2v) is 9.50. The van der Waals surface area contributed by atoms with Gasteiger partial charge in [0.1, 0.15) is 5.54 Å². The van der Waals surface area contributed by atoms with Crippen molar-refractivity contribution in [2.75, 3.05) is 0 Å². The number of nitriles is 1. The van der Waals surface area contributed by atoms with E-state index in [1.54, 1.807) is 0 Å². The van der Waals surface area contributed by atoms with Crippen LogP contribution in [-0.2, 0) is 14.6 Å². The predicted molar refractivity (Wildman–Crippen MR) is 90.6 cm³/mol. The molecule has 0 aromatic heterocycles. The largest absolute Gasteiger partial charge is 0.336 e. The maximum atomic E-state index is 13.3. The Morgan fingerprint density at radius 1 is 1.17 bits per heavy atom. The number of sulfone groups is 1. The molecule has 2 saturated carbocycles. The topological polar surface area (TPSA) is 87.0 Å². The van der Waals surface area contributed by atoms with Crippen molar-refractivity contribution in [3.05, 3.63) is 28.2 Å². The van der Waals surface area contributed by atoms with E-state index >= 15 is 0 Å². The second kappa shape index (κ2) is 5.91. The highest BCUT2D eigenvalue weighted by atomic mass is 35.5. The van der Waals surface area contributed by atoms with Crippen LogP contribution in [0.3, 0.4) is 0 Å². The van der Waals surface area contributed by atoms with Gasteiger partial charge in [-0.1, -0.05) is 36.0 Å². The maximum absolute atomic E-state index is 13.3. The van der Waals surface area contributed by atoms with Gasteiger partial charge >= 0.3 is 0 Å². The first kappa shape index (κ1) is 17.5. The highest BCUT2D eigenvalue weighted by Crippen LogP contribution is 2.44. The van der Waals surface area contributed by atoms with Gasteiger partial charge in [-0.05, 0) is 43.9 Å². The minimum Gasteiger partial charge on any atom is -0.336 e. The molecule has 1 amide bonds. The maximum Gasteiger partial charge on any atom is 0.243 e. The van der Waals surface area contributed by atoms with Crippen LogP contribution in [0.25, 0.3) is 0 Å². The van der Waals surface area contributed by atoms with Gasteiger partial charge in [0.2, 0.25) is 5.91 Å². The Morgan fingerprint density at radius 3 is 2.29 bits per heavy atom. The number of carbonyl (C=O) groups is 1. The molecular formula is C16H16Cl2N2O3S. The lowest BCUT2D eigenvalue weighted by molar-refractivity contribution is -0.124. The Labute approximate surface area is 150 Å². The summed E-state index contributed by atoms with van der Waals surface area (Å²) < 4.78 is 24.9. The van der Waals surface area contributed by atoms with Gasteiger partial charge in [0.05, 0.1) is 16.0 Å². The van der Waals surface area contributed by atoms with Crippen LogP contribution >= 0.6 is 23.2 Å². The normalized spacial score (nSPS) is 21.0. The molecule has 3 rings (SSSR count). The fourth-order valence-electron chi connectivity index (χ4n) is 3.19. The highest BCUT2D eigenvalue weighted by Gasteiger charge is 2.56. The van der Waals surface area contributed by atoms with E-state index < -0.39 is 26.0 Å². The fraction of sp³-hybridized carbons (Fsp3) is 0.500. The highest BCUT2D eigenvalue weighted by molar-refractivity contribution is 7.93. The smallest absolute Gasteiger partial charge is 0.243 e. The lowest BCUT2D eigenvalue weighted by atomic mass is 10.1. The summed E-state index contributed by atoms with van der Waals surface area (Å²) in [7, 11) is -4.01. The molecule has 0 unspecified atom stereocenters. The van der Waals surface area contributed by atoms with Crippen LogP contribution in [0.1, 0.15) is 38.5 Å². The Kier molecular flexibility index (Phi) is 4.31. The van der Waals surface area contributed by atoms with E-state index in [1.807, 2.05) is 0 Å². The molecule has 1 aromatic rings. The van der Waals surface area contributed by atoms with Gasteiger partial charge < -0.3 is 5.32 Å². The zero-order valence-electron chi connectivity index (χ0n) is 12.8. The van der Waals surface area contributed by atoms with E-state index in [-0.39, 0.29) is 22.8 Å². The van der Waals surface area contributed by atoms with Crippen molar-refractivity contribution in [1.29, 1.82) is 5.26 Å². The summed E-state index contributed by atoms with van der Waals surface area (Å²) in [6.07, 6.45) is 2.82. The zero-order chi connectivity index (χ0) is 17.6. The number of halogens is 2. The number of rotatable bonds is 4. The minimum absolute atomic E-state index is 0.00277. The van der Waals surface area contributed by atoms with Gasteiger partial charge in [-0.3, -0.25) is 4.79 Å². The molecular weight excluding hydrogens is 371 g/mol. The zero-order valence-corrected chi connectivity index (χ0v) is 15.1. The van der Waals surface area contributed by atoms with Gasteiger partial charge in [0, 0.05) is 5.02 Å². The van der Waals surface area contributed by atoms with Crippen LogP contribution in [0.5, 0.6) is 0 Å². The number of hydrogen-bond donors (Lipinski definition) is 1. The molecule has 0 spiro atoms. The molecule has 8 heteroatoms. The van der Waals surface area contributed by atoms with Gasteiger partial charge in [-0.2, -0.15) is 5.26 Å². The summed E-state index contributed by atoms with van der Waals surface area (Å²) in [4.78, 5) is 12.8. The van der Waals surface area contributed by atoms with Crippen molar-refractivity contribution in [1.82, 2.24) is 5.32 Å². The Balaban J connectivity index is 2.04. The SMILES string of the molecule is N#CC1(NC(=O)C2(S(=O)(=O)c3ccc(Cl)cc3Cl)CCCC2)CC1. The summed E-state index contributed by atoms with van der Waals surface area (Å²) >= 11 is 11.9. The van der Waals surface area contributed by atoms with E-state index in [0.717, 1.165) is 0 Å². The van der Waals surface area contributed by atoms with E-state index in [9.17, 15) is 18.5 Å². The lowest BCUT2D eigenvalue weighted by Crippen LogP contribution is -2.53. The Morgan fingerprint density at radius 2 is 1.79 bits per heavy atom. The van der Waals surface area contributed by atoms with Crippen LogP contribution in [0.4, 0.5) is 0 Å². The van der Waals surface area contributed by atoms with Crippen LogP contribution in [0.15, 0.2) is 23.1 Å². The number of hydrogen-bond acceptors (Lipinski definition) is 4. The number of amides is 1. The van der Waals surface area contributed by atoms with Crippen molar-refractivity contribution < 1.29 is 13.2 Å². The Hall–Kier alpha value is -1.29. The number of nitrogens with one attached hydrogen (secondary N) is 1. The van der Waals surface area contributed by atoms with Crippen LogP contribution < -0.4 is 5.32 Å². The van der Waals surface area contributed by atoms with Gasteiger partial charge in [-0.25, -0.2) is 8.42 Å². The van der Waals surface area contributed by atoms with Gasteiger partial charge in [-0.15, -0.1) is 0 Å². The molecule has 1 aromatic carbocycles. The van der Waals surface area contributed by atoms with Crippen LogP contribution in [-0.4, -0.2) is 24.6 Å². The summed E-state index contributed by atoms with van der Waals surface area (Å²) in [5, 5.41) is 12.2. The average Bonchev–Trinajstić information content (AvgIpc) is 3.10. The molecule has 0 bridgehead atoms. The van der Waals surface area contributed by atoms with Crippen LogP contribution in [0, 0.1) is 11.3 Å². The molecule has 0 radical (unpaired) electrons. The van der Waals surface area contributed by atoms with Crippen molar-refractivity contribution in [3.8, 4) is 6.07 Å². The molecule has 2 fully saturated rings. The second-order valence-electron chi connectivity index (χ2n) is 6.43. The van der Waals surface area contributed by atoms with Gasteiger partial charge in [0.15, 0.2) is 14.6 Å². The molecule has 128 valence electrons. The number of benzene rings is 1. The molecule has 24 heavy (non-hydrogen) atoms. The Bertz CT molecular complexity index is 835. The average molecular weight is 387 g/mol. The molecule has 0 atom stereocenters. The van der Waals surface area contributed by atoms with Crippen molar-refractivity contribution in [2.24, 2.45) is 0 Å².